The van der Waals surface area contributed by atoms with Gasteiger partial charge in [-0.25, -0.2) is 0 Å². The SMILES string of the molecule is Cc1ccc(C(=O)Nc2ccc(NC(=O)CC(C)C)cc2)cc1. The van der Waals surface area contributed by atoms with Crippen molar-refractivity contribution in [3.05, 3.63) is 59.7 Å². The van der Waals surface area contributed by atoms with E-state index in [2.05, 4.69) is 10.6 Å². The number of benzene rings is 2. The van der Waals surface area contributed by atoms with Gasteiger partial charge in [-0.15, -0.1) is 0 Å². The molecule has 0 saturated carbocycles. The fourth-order valence-electron chi connectivity index (χ4n) is 2.13. The van der Waals surface area contributed by atoms with Crippen molar-refractivity contribution in [2.45, 2.75) is 27.2 Å². The van der Waals surface area contributed by atoms with E-state index < -0.39 is 0 Å². The average Bonchev–Trinajstić information content (AvgIpc) is 2.49. The van der Waals surface area contributed by atoms with Crippen LogP contribution in [-0.2, 0) is 4.79 Å². The Morgan fingerprint density at radius 3 is 1.91 bits per heavy atom. The number of amides is 2. The molecule has 0 fully saturated rings. The molecule has 0 spiro atoms. The lowest BCUT2D eigenvalue weighted by atomic mass is 10.1. The summed E-state index contributed by atoms with van der Waals surface area (Å²) in [7, 11) is 0. The molecule has 0 atom stereocenters. The van der Waals surface area contributed by atoms with Gasteiger partial charge in [-0.2, -0.15) is 0 Å². The smallest absolute Gasteiger partial charge is 0.255 e. The minimum absolute atomic E-state index is 0.00330. The molecule has 0 aromatic heterocycles. The van der Waals surface area contributed by atoms with E-state index >= 15 is 0 Å². The number of rotatable bonds is 5. The molecule has 23 heavy (non-hydrogen) atoms. The van der Waals surface area contributed by atoms with Crippen LogP contribution in [0, 0.1) is 12.8 Å². The maximum absolute atomic E-state index is 12.1. The molecular formula is C19H22N2O2. The zero-order valence-corrected chi connectivity index (χ0v) is 13.7. The highest BCUT2D eigenvalue weighted by Crippen LogP contribution is 2.15. The molecule has 4 nitrogen and oxygen atoms in total. The summed E-state index contributed by atoms with van der Waals surface area (Å²) in [5.74, 6) is 0.168. The third-order valence-electron chi connectivity index (χ3n) is 3.33. The van der Waals surface area contributed by atoms with E-state index in [9.17, 15) is 9.59 Å². The Morgan fingerprint density at radius 2 is 1.39 bits per heavy atom. The Balaban J connectivity index is 1.95. The van der Waals surface area contributed by atoms with Crippen molar-refractivity contribution >= 4 is 23.2 Å². The van der Waals surface area contributed by atoms with Crippen LogP contribution in [-0.4, -0.2) is 11.8 Å². The molecule has 0 aliphatic rings. The van der Waals surface area contributed by atoms with Crippen LogP contribution in [0.3, 0.4) is 0 Å². The van der Waals surface area contributed by atoms with E-state index in [4.69, 9.17) is 0 Å². The molecule has 0 radical (unpaired) electrons. The lowest BCUT2D eigenvalue weighted by Crippen LogP contribution is -2.14. The second-order valence-electron chi connectivity index (χ2n) is 6.04. The van der Waals surface area contributed by atoms with Crippen LogP contribution in [0.1, 0.15) is 36.2 Å². The van der Waals surface area contributed by atoms with Crippen molar-refractivity contribution in [2.75, 3.05) is 10.6 Å². The summed E-state index contributed by atoms with van der Waals surface area (Å²) in [6.07, 6.45) is 0.492. The monoisotopic (exact) mass is 310 g/mol. The number of carbonyl (C=O) groups excluding carboxylic acids is 2. The van der Waals surface area contributed by atoms with Crippen LogP contribution in [0.4, 0.5) is 11.4 Å². The van der Waals surface area contributed by atoms with Crippen molar-refractivity contribution < 1.29 is 9.59 Å². The quantitative estimate of drug-likeness (QED) is 0.868. The number of anilines is 2. The normalized spacial score (nSPS) is 10.4. The Hall–Kier alpha value is -2.62. The van der Waals surface area contributed by atoms with Crippen molar-refractivity contribution in [2.24, 2.45) is 5.92 Å². The summed E-state index contributed by atoms with van der Waals surface area (Å²) in [5, 5.41) is 5.68. The van der Waals surface area contributed by atoms with Crippen LogP contribution in [0.25, 0.3) is 0 Å². The van der Waals surface area contributed by atoms with E-state index in [-0.39, 0.29) is 11.8 Å². The highest BCUT2D eigenvalue weighted by molar-refractivity contribution is 6.04. The molecule has 2 N–H and O–H groups in total. The maximum atomic E-state index is 12.1. The number of nitrogens with one attached hydrogen (secondary N) is 2. The molecule has 0 aliphatic heterocycles. The lowest BCUT2D eigenvalue weighted by Gasteiger charge is -2.09. The molecule has 0 heterocycles. The van der Waals surface area contributed by atoms with E-state index in [0.717, 1.165) is 11.3 Å². The van der Waals surface area contributed by atoms with Crippen LogP contribution >= 0.6 is 0 Å². The van der Waals surface area contributed by atoms with E-state index in [0.29, 0.717) is 23.6 Å². The van der Waals surface area contributed by atoms with Crippen LogP contribution in [0.15, 0.2) is 48.5 Å². The third-order valence-corrected chi connectivity index (χ3v) is 3.33. The first-order valence-corrected chi connectivity index (χ1v) is 7.72. The van der Waals surface area contributed by atoms with Crippen molar-refractivity contribution in [1.29, 1.82) is 0 Å². The first-order chi connectivity index (χ1) is 10.9. The Morgan fingerprint density at radius 1 is 0.870 bits per heavy atom. The highest BCUT2D eigenvalue weighted by Gasteiger charge is 2.07. The number of hydrogen-bond donors (Lipinski definition) is 2. The number of aryl methyl sites for hydroxylation is 1. The van der Waals surface area contributed by atoms with E-state index in [1.54, 1.807) is 36.4 Å². The minimum atomic E-state index is -0.151. The highest BCUT2D eigenvalue weighted by atomic mass is 16.2. The van der Waals surface area contributed by atoms with Gasteiger partial charge in [0.15, 0.2) is 0 Å². The molecule has 2 amide bonds. The average molecular weight is 310 g/mol. The molecule has 0 unspecified atom stereocenters. The van der Waals surface area contributed by atoms with Crippen molar-refractivity contribution in [3.63, 3.8) is 0 Å². The summed E-state index contributed by atoms with van der Waals surface area (Å²) in [4.78, 5) is 23.8. The zero-order valence-electron chi connectivity index (χ0n) is 13.7. The molecule has 0 saturated heterocycles. The van der Waals surface area contributed by atoms with Gasteiger partial charge in [0.25, 0.3) is 5.91 Å². The van der Waals surface area contributed by atoms with Gasteiger partial charge >= 0.3 is 0 Å². The van der Waals surface area contributed by atoms with Crippen molar-refractivity contribution in [1.82, 2.24) is 0 Å². The Kier molecular flexibility index (Phi) is 5.52. The van der Waals surface area contributed by atoms with Gasteiger partial charge in [0.2, 0.25) is 5.91 Å². The van der Waals surface area contributed by atoms with Gasteiger partial charge in [0.1, 0.15) is 0 Å². The van der Waals surface area contributed by atoms with Gasteiger partial charge in [-0.05, 0) is 49.2 Å². The molecule has 2 aromatic carbocycles. The van der Waals surface area contributed by atoms with Gasteiger partial charge < -0.3 is 10.6 Å². The van der Waals surface area contributed by atoms with Crippen LogP contribution in [0.2, 0.25) is 0 Å². The fraction of sp³-hybridized carbons (Fsp3) is 0.263. The summed E-state index contributed by atoms with van der Waals surface area (Å²) in [5.41, 5.74) is 3.15. The largest absolute Gasteiger partial charge is 0.326 e. The first kappa shape index (κ1) is 16.7. The molecule has 120 valence electrons. The summed E-state index contributed by atoms with van der Waals surface area (Å²) in [6, 6.07) is 14.5. The molecule has 2 rings (SSSR count). The maximum Gasteiger partial charge on any atom is 0.255 e. The van der Waals surface area contributed by atoms with E-state index in [1.165, 1.54) is 0 Å². The number of carbonyl (C=O) groups is 2. The van der Waals surface area contributed by atoms with Gasteiger partial charge in [0, 0.05) is 23.4 Å². The minimum Gasteiger partial charge on any atom is -0.326 e. The fourth-order valence-corrected chi connectivity index (χ4v) is 2.13. The first-order valence-electron chi connectivity index (χ1n) is 7.72. The van der Waals surface area contributed by atoms with Gasteiger partial charge in [0.05, 0.1) is 0 Å². The van der Waals surface area contributed by atoms with Crippen molar-refractivity contribution in [3.8, 4) is 0 Å². The van der Waals surface area contributed by atoms with Crippen LogP contribution < -0.4 is 10.6 Å². The molecule has 0 aliphatic carbocycles. The third kappa shape index (κ3) is 5.25. The second-order valence-corrected chi connectivity index (χ2v) is 6.04. The summed E-state index contributed by atoms with van der Waals surface area (Å²) < 4.78 is 0. The summed E-state index contributed by atoms with van der Waals surface area (Å²) in [6.45, 7) is 5.99. The molecular weight excluding hydrogens is 288 g/mol. The molecule has 2 aromatic rings. The Bertz CT molecular complexity index is 674. The van der Waals surface area contributed by atoms with Gasteiger partial charge in [-0.3, -0.25) is 9.59 Å². The standard InChI is InChI=1S/C19H22N2O2/c1-13(2)12-18(22)20-16-8-10-17(11-9-16)21-19(23)15-6-4-14(3)5-7-15/h4-11,13H,12H2,1-3H3,(H,20,22)(H,21,23). The molecule has 4 heteroatoms. The Labute approximate surface area is 136 Å². The summed E-state index contributed by atoms with van der Waals surface area (Å²) >= 11 is 0. The zero-order chi connectivity index (χ0) is 16.8. The van der Waals surface area contributed by atoms with E-state index in [1.807, 2.05) is 32.9 Å². The lowest BCUT2D eigenvalue weighted by molar-refractivity contribution is -0.116. The predicted molar refractivity (Wildman–Crippen MR) is 93.7 cm³/mol. The predicted octanol–water partition coefficient (Wildman–Crippen LogP) is 4.23. The molecule has 0 bridgehead atoms. The second kappa shape index (κ2) is 7.58. The van der Waals surface area contributed by atoms with Gasteiger partial charge in [-0.1, -0.05) is 31.5 Å². The number of hydrogen-bond acceptors (Lipinski definition) is 2. The van der Waals surface area contributed by atoms with Crippen LogP contribution in [0.5, 0.6) is 0 Å². The topological polar surface area (TPSA) is 58.2 Å².